The van der Waals surface area contributed by atoms with E-state index in [9.17, 15) is 9.59 Å². The molecule has 0 aliphatic carbocycles. The second kappa shape index (κ2) is 6.08. The third-order valence-corrected chi connectivity index (χ3v) is 4.79. The number of hydrogen-bond donors (Lipinski definition) is 0. The van der Waals surface area contributed by atoms with E-state index < -0.39 is 5.54 Å². The Morgan fingerprint density at radius 3 is 2.65 bits per heavy atom. The van der Waals surface area contributed by atoms with E-state index in [1.807, 2.05) is 32.0 Å². The topological polar surface area (TPSA) is 37.4 Å². The summed E-state index contributed by atoms with van der Waals surface area (Å²) < 4.78 is 1.09. The molecule has 0 spiro atoms. The summed E-state index contributed by atoms with van der Waals surface area (Å²) in [5.41, 5.74) is 0.599. The molecule has 1 heterocycles. The van der Waals surface area contributed by atoms with Gasteiger partial charge in [0.15, 0.2) is 5.78 Å². The van der Waals surface area contributed by atoms with Crippen LogP contribution in [0.15, 0.2) is 28.7 Å². The average Bonchev–Trinajstić information content (AvgIpc) is 2.66. The van der Waals surface area contributed by atoms with E-state index in [2.05, 4.69) is 22.0 Å². The molecular weight excluding hydrogens is 318 g/mol. The maximum absolute atomic E-state index is 12.2. The molecule has 0 bridgehead atoms. The Bertz CT molecular complexity index is 525. The van der Waals surface area contributed by atoms with Crippen LogP contribution >= 0.6 is 15.9 Å². The predicted octanol–water partition coefficient (Wildman–Crippen LogP) is 3.35. The van der Waals surface area contributed by atoms with Crippen molar-refractivity contribution in [3.05, 3.63) is 34.3 Å². The van der Waals surface area contributed by atoms with E-state index in [-0.39, 0.29) is 11.7 Å². The molecule has 0 aromatic heterocycles. The summed E-state index contributed by atoms with van der Waals surface area (Å²) in [5.74, 6) is 0.254. The molecule has 0 N–H and O–H groups in total. The standard InChI is InChI=1S/C16H20BrNO2/c1-16(2)14(19)10-11-18(16)15(20)9-5-7-12-6-3-4-8-13(12)17/h3-4,6,8H,5,7,9-11H2,1-2H3. The lowest BCUT2D eigenvalue weighted by atomic mass is 10.00. The maximum Gasteiger partial charge on any atom is 0.223 e. The Labute approximate surface area is 128 Å². The number of halogens is 1. The van der Waals surface area contributed by atoms with Crippen molar-refractivity contribution in [1.29, 1.82) is 0 Å². The van der Waals surface area contributed by atoms with Gasteiger partial charge in [-0.1, -0.05) is 34.1 Å². The van der Waals surface area contributed by atoms with Crippen molar-refractivity contribution >= 4 is 27.6 Å². The third kappa shape index (κ3) is 3.11. The molecule has 20 heavy (non-hydrogen) atoms. The molecule has 1 amide bonds. The van der Waals surface area contributed by atoms with Gasteiger partial charge in [-0.05, 0) is 38.3 Å². The summed E-state index contributed by atoms with van der Waals surface area (Å²) >= 11 is 3.52. The number of likely N-dealkylation sites (tertiary alicyclic amines) is 1. The van der Waals surface area contributed by atoms with Crippen LogP contribution in [-0.4, -0.2) is 28.7 Å². The van der Waals surface area contributed by atoms with Crippen LogP contribution in [0.2, 0.25) is 0 Å². The van der Waals surface area contributed by atoms with Gasteiger partial charge >= 0.3 is 0 Å². The monoisotopic (exact) mass is 337 g/mol. The normalized spacial score (nSPS) is 17.6. The lowest BCUT2D eigenvalue weighted by Gasteiger charge is -2.30. The molecule has 0 saturated carbocycles. The fraction of sp³-hybridized carbons (Fsp3) is 0.500. The summed E-state index contributed by atoms with van der Waals surface area (Å²) in [6, 6.07) is 8.07. The van der Waals surface area contributed by atoms with Gasteiger partial charge in [0.05, 0.1) is 5.54 Å². The minimum absolute atomic E-state index is 0.0907. The highest BCUT2D eigenvalue weighted by molar-refractivity contribution is 9.10. The fourth-order valence-electron chi connectivity index (χ4n) is 2.65. The first-order valence-electron chi connectivity index (χ1n) is 7.00. The zero-order valence-corrected chi connectivity index (χ0v) is 13.6. The fourth-order valence-corrected chi connectivity index (χ4v) is 3.13. The first-order chi connectivity index (χ1) is 9.43. The average molecular weight is 338 g/mol. The summed E-state index contributed by atoms with van der Waals surface area (Å²) in [6.07, 6.45) is 2.67. The molecule has 0 unspecified atom stereocenters. The minimum Gasteiger partial charge on any atom is -0.330 e. The van der Waals surface area contributed by atoms with Crippen LogP contribution in [0, 0.1) is 0 Å². The number of ketones is 1. The Hall–Kier alpha value is -1.16. The number of amides is 1. The largest absolute Gasteiger partial charge is 0.330 e. The van der Waals surface area contributed by atoms with Gasteiger partial charge in [0, 0.05) is 23.9 Å². The van der Waals surface area contributed by atoms with Gasteiger partial charge in [-0.3, -0.25) is 9.59 Å². The Kier molecular flexibility index (Phi) is 4.63. The van der Waals surface area contributed by atoms with Crippen molar-refractivity contribution in [3.8, 4) is 0 Å². The highest BCUT2D eigenvalue weighted by atomic mass is 79.9. The Balaban J connectivity index is 1.88. The number of nitrogens with zero attached hydrogens (tertiary/aromatic N) is 1. The van der Waals surface area contributed by atoms with Gasteiger partial charge in [-0.25, -0.2) is 0 Å². The molecule has 1 aliphatic heterocycles. The molecule has 1 aromatic rings. The third-order valence-electron chi connectivity index (χ3n) is 4.02. The van der Waals surface area contributed by atoms with Crippen molar-refractivity contribution in [2.75, 3.05) is 6.54 Å². The van der Waals surface area contributed by atoms with Crippen molar-refractivity contribution in [2.45, 2.75) is 45.1 Å². The molecule has 108 valence electrons. The van der Waals surface area contributed by atoms with Crippen LogP contribution in [0.5, 0.6) is 0 Å². The molecule has 0 atom stereocenters. The number of Topliss-reactive ketones (excluding diaryl/α,β-unsaturated/α-hetero) is 1. The van der Waals surface area contributed by atoms with Crippen LogP contribution in [0.25, 0.3) is 0 Å². The lowest BCUT2D eigenvalue weighted by molar-refractivity contribution is -0.138. The van der Waals surface area contributed by atoms with Gasteiger partial charge < -0.3 is 4.90 Å². The van der Waals surface area contributed by atoms with Crippen molar-refractivity contribution < 1.29 is 9.59 Å². The molecule has 0 radical (unpaired) electrons. The first-order valence-corrected chi connectivity index (χ1v) is 7.79. The summed E-state index contributed by atoms with van der Waals surface area (Å²) in [5, 5.41) is 0. The molecule has 3 nitrogen and oxygen atoms in total. The number of hydrogen-bond acceptors (Lipinski definition) is 2. The van der Waals surface area contributed by atoms with Gasteiger partial charge in [0.2, 0.25) is 5.91 Å². The molecule has 2 rings (SSSR count). The number of carbonyl (C=O) groups is 2. The van der Waals surface area contributed by atoms with E-state index in [1.54, 1.807) is 4.90 Å². The van der Waals surface area contributed by atoms with Gasteiger partial charge in [-0.15, -0.1) is 0 Å². The molecule has 4 heteroatoms. The number of carbonyl (C=O) groups excluding carboxylic acids is 2. The summed E-state index contributed by atoms with van der Waals surface area (Å²) in [7, 11) is 0. The van der Waals surface area contributed by atoms with E-state index in [1.165, 1.54) is 5.56 Å². The zero-order chi connectivity index (χ0) is 14.8. The van der Waals surface area contributed by atoms with Gasteiger partial charge in [-0.2, -0.15) is 0 Å². The number of rotatable bonds is 4. The Morgan fingerprint density at radius 1 is 1.35 bits per heavy atom. The van der Waals surface area contributed by atoms with Crippen LogP contribution in [0.4, 0.5) is 0 Å². The molecule has 1 saturated heterocycles. The molecule has 1 aliphatic rings. The SMILES string of the molecule is CC1(C)C(=O)CCN1C(=O)CCCc1ccccc1Br. The summed E-state index contributed by atoms with van der Waals surface area (Å²) in [4.78, 5) is 25.7. The quantitative estimate of drug-likeness (QED) is 0.844. The van der Waals surface area contributed by atoms with Crippen LogP contribution in [0.3, 0.4) is 0 Å². The number of benzene rings is 1. The van der Waals surface area contributed by atoms with Crippen molar-refractivity contribution in [3.63, 3.8) is 0 Å². The Morgan fingerprint density at radius 2 is 2.05 bits per heavy atom. The minimum atomic E-state index is -0.621. The second-order valence-electron chi connectivity index (χ2n) is 5.72. The molecule has 1 aromatic carbocycles. The van der Waals surface area contributed by atoms with E-state index in [4.69, 9.17) is 0 Å². The van der Waals surface area contributed by atoms with Crippen molar-refractivity contribution in [1.82, 2.24) is 4.90 Å². The second-order valence-corrected chi connectivity index (χ2v) is 6.58. The van der Waals surface area contributed by atoms with Gasteiger partial charge in [0.25, 0.3) is 0 Å². The summed E-state index contributed by atoms with van der Waals surface area (Å²) in [6.45, 7) is 4.25. The van der Waals surface area contributed by atoms with Crippen LogP contribution < -0.4 is 0 Å². The van der Waals surface area contributed by atoms with Crippen molar-refractivity contribution in [2.24, 2.45) is 0 Å². The highest BCUT2D eigenvalue weighted by Crippen LogP contribution is 2.26. The number of aryl methyl sites for hydroxylation is 1. The zero-order valence-electron chi connectivity index (χ0n) is 12.0. The maximum atomic E-state index is 12.2. The first kappa shape index (κ1) is 15.2. The van der Waals surface area contributed by atoms with Gasteiger partial charge in [0.1, 0.15) is 0 Å². The lowest BCUT2D eigenvalue weighted by Crippen LogP contribution is -2.46. The van der Waals surface area contributed by atoms with E-state index in [0.29, 0.717) is 19.4 Å². The van der Waals surface area contributed by atoms with E-state index in [0.717, 1.165) is 17.3 Å². The molecule has 1 fully saturated rings. The smallest absolute Gasteiger partial charge is 0.223 e. The highest BCUT2D eigenvalue weighted by Gasteiger charge is 2.42. The van der Waals surface area contributed by atoms with Crippen LogP contribution in [0.1, 0.15) is 38.7 Å². The predicted molar refractivity (Wildman–Crippen MR) is 82.5 cm³/mol. The van der Waals surface area contributed by atoms with Crippen LogP contribution in [-0.2, 0) is 16.0 Å². The molecular formula is C16H20BrNO2. The van der Waals surface area contributed by atoms with E-state index >= 15 is 0 Å².